The Morgan fingerprint density at radius 2 is 1.67 bits per heavy atom. The highest BCUT2D eigenvalue weighted by Crippen LogP contribution is 2.32. The summed E-state index contributed by atoms with van der Waals surface area (Å²) in [6.45, 7) is 4.32. The lowest BCUT2D eigenvalue weighted by molar-refractivity contribution is 0.0996. The molecule has 2 aromatic carbocycles. The Labute approximate surface area is 172 Å². The molecule has 0 unspecified atom stereocenters. The standard InChI is InChI=1S/C22H20N6O2/c1-12-7-9-14(10-8-12)11-28-13(2)19(26-27-28)18-17(21(23)29)15-5-3-4-6-16(15)25-20(18)22(24)30/h3-10H,11H2,1-2H3,(H2,23,29)(H2,24,30). The second-order valence-electron chi connectivity index (χ2n) is 7.12. The lowest BCUT2D eigenvalue weighted by atomic mass is 9.96. The molecule has 4 aromatic rings. The fourth-order valence-corrected chi connectivity index (χ4v) is 3.48. The van der Waals surface area contributed by atoms with Gasteiger partial charge in [-0.25, -0.2) is 9.67 Å². The molecule has 2 aromatic heterocycles. The Morgan fingerprint density at radius 3 is 2.33 bits per heavy atom. The molecule has 0 aliphatic carbocycles. The number of amides is 2. The highest BCUT2D eigenvalue weighted by molar-refractivity contribution is 6.15. The van der Waals surface area contributed by atoms with Crippen molar-refractivity contribution < 1.29 is 9.59 Å². The summed E-state index contributed by atoms with van der Waals surface area (Å²) < 4.78 is 1.70. The zero-order chi connectivity index (χ0) is 21.4. The van der Waals surface area contributed by atoms with Crippen molar-refractivity contribution >= 4 is 22.7 Å². The SMILES string of the molecule is Cc1ccc(Cn2nnc(-c3c(C(N)=O)nc4ccccc4c3C(N)=O)c2C)cc1. The van der Waals surface area contributed by atoms with Crippen molar-refractivity contribution in [2.45, 2.75) is 20.4 Å². The second-order valence-corrected chi connectivity index (χ2v) is 7.12. The molecule has 0 atom stereocenters. The number of hydrogen-bond acceptors (Lipinski definition) is 5. The van der Waals surface area contributed by atoms with Crippen molar-refractivity contribution in [3.63, 3.8) is 0 Å². The molecule has 2 amide bonds. The van der Waals surface area contributed by atoms with E-state index in [4.69, 9.17) is 11.5 Å². The number of hydrogen-bond donors (Lipinski definition) is 2. The lowest BCUT2D eigenvalue weighted by Gasteiger charge is -2.13. The molecule has 0 spiro atoms. The van der Waals surface area contributed by atoms with Gasteiger partial charge in [0, 0.05) is 10.9 Å². The summed E-state index contributed by atoms with van der Waals surface area (Å²) in [5.41, 5.74) is 15.3. The molecule has 8 heteroatoms. The summed E-state index contributed by atoms with van der Waals surface area (Å²) in [5, 5.41) is 9.00. The van der Waals surface area contributed by atoms with Crippen molar-refractivity contribution in [2.75, 3.05) is 0 Å². The van der Waals surface area contributed by atoms with Gasteiger partial charge in [0.25, 0.3) is 5.91 Å². The average molecular weight is 400 g/mol. The highest BCUT2D eigenvalue weighted by atomic mass is 16.1. The van der Waals surface area contributed by atoms with E-state index in [1.54, 1.807) is 28.9 Å². The van der Waals surface area contributed by atoms with Crippen LogP contribution in [0.3, 0.4) is 0 Å². The molecule has 0 fully saturated rings. The number of pyridine rings is 1. The van der Waals surface area contributed by atoms with Gasteiger partial charge in [-0.2, -0.15) is 0 Å². The van der Waals surface area contributed by atoms with Crippen molar-refractivity contribution in [3.05, 3.63) is 76.6 Å². The van der Waals surface area contributed by atoms with Crippen molar-refractivity contribution in [1.82, 2.24) is 20.0 Å². The number of benzene rings is 2. The van der Waals surface area contributed by atoms with E-state index in [-0.39, 0.29) is 16.8 Å². The van der Waals surface area contributed by atoms with E-state index in [0.29, 0.717) is 28.8 Å². The predicted octanol–water partition coefficient (Wildman–Crippen LogP) is 2.36. The minimum Gasteiger partial charge on any atom is -0.366 e. The van der Waals surface area contributed by atoms with Gasteiger partial charge in [-0.15, -0.1) is 5.10 Å². The number of carbonyl (C=O) groups excluding carboxylic acids is 2. The first-order valence-electron chi connectivity index (χ1n) is 9.35. The number of nitrogens with two attached hydrogens (primary N) is 2. The van der Waals surface area contributed by atoms with Crippen LogP contribution in [-0.2, 0) is 6.54 Å². The number of aromatic nitrogens is 4. The molecule has 0 bridgehead atoms. The molecule has 2 heterocycles. The van der Waals surface area contributed by atoms with E-state index >= 15 is 0 Å². The monoisotopic (exact) mass is 400 g/mol. The van der Waals surface area contributed by atoms with E-state index < -0.39 is 11.8 Å². The summed E-state index contributed by atoms with van der Waals surface area (Å²) >= 11 is 0. The molecule has 0 aliphatic heterocycles. The lowest BCUT2D eigenvalue weighted by Crippen LogP contribution is -2.21. The fraction of sp³-hybridized carbons (Fsp3) is 0.136. The number of carbonyl (C=O) groups is 2. The van der Waals surface area contributed by atoms with Crippen LogP contribution in [0.15, 0.2) is 48.5 Å². The maximum Gasteiger partial charge on any atom is 0.268 e. The van der Waals surface area contributed by atoms with Crippen LogP contribution in [0.4, 0.5) is 0 Å². The molecule has 150 valence electrons. The average Bonchev–Trinajstić information content (AvgIpc) is 3.07. The van der Waals surface area contributed by atoms with E-state index in [9.17, 15) is 9.59 Å². The third kappa shape index (κ3) is 3.28. The Hall–Kier alpha value is -4.07. The first-order valence-corrected chi connectivity index (χ1v) is 9.35. The van der Waals surface area contributed by atoms with Gasteiger partial charge in [0.15, 0.2) is 0 Å². The Bertz CT molecular complexity index is 1290. The van der Waals surface area contributed by atoms with Gasteiger partial charge in [-0.05, 0) is 25.5 Å². The fourth-order valence-electron chi connectivity index (χ4n) is 3.48. The summed E-state index contributed by atoms with van der Waals surface area (Å²) in [4.78, 5) is 29.0. The number of rotatable bonds is 5. The third-order valence-electron chi connectivity index (χ3n) is 5.04. The van der Waals surface area contributed by atoms with Crippen LogP contribution in [-0.4, -0.2) is 31.8 Å². The molecule has 4 N–H and O–H groups in total. The molecule has 4 rings (SSSR count). The van der Waals surface area contributed by atoms with Gasteiger partial charge in [0.05, 0.1) is 23.3 Å². The van der Waals surface area contributed by atoms with E-state index in [0.717, 1.165) is 11.1 Å². The topological polar surface area (TPSA) is 130 Å². The van der Waals surface area contributed by atoms with Crippen molar-refractivity contribution in [3.8, 4) is 11.3 Å². The summed E-state index contributed by atoms with van der Waals surface area (Å²) in [7, 11) is 0. The largest absolute Gasteiger partial charge is 0.366 e. The molecule has 0 aliphatic rings. The van der Waals surface area contributed by atoms with Crippen molar-refractivity contribution in [1.29, 1.82) is 0 Å². The van der Waals surface area contributed by atoms with E-state index in [1.807, 2.05) is 38.1 Å². The van der Waals surface area contributed by atoms with E-state index in [1.165, 1.54) is 0 Å². The van der Waals surface area contributed by atoms with Gasteiger partial charge in [0.1, 0.15) is 11.4 Å². The van der Waals surface area contributed by atoms with Crippen LogP contribution < -0.4 is 11.5 Å². The molecule has 8 nitrogen and oxygen atoms in total. The van der Waals surface area contributed by atoms with Gasteiger partial charge in [-0.1, -0.05) is 53.2 Å². The number of primary amides is 2. The third-order valence-corrected chi connectivity index (χ3v) is 5.04. The number of nitrogens with zero attached hydrogens (tertiary/aromatic N) is 4. The molecule has 30 heavy (non-hydrogen) atoms. The first kappa shape index (κ1) is 19.3. The van der Waals surface area contributed by atoms with E-state index in [2.05, 4.69) is 15.3 Å². The van der Waals surface area contributed by atoms with Crippen molar-refractivity contribution in [2.24, 2.45) is 11.5 Å². The molecular weight excluding hydrogens is 380 g/mol. The molecule has 0 saturated heterocycles. The molecule has 0 saturated carbocycles. The minimum atomic E-state index is -0.772. The number of aryl methyl sites for hydroxylation is 1. The Balaban J connectivity index is 1.93. The quantitative estimate of drug-likeness (QED) is 0.531. The van der Waals surface area contributed by atoms with Gasteiger partial charge >= 0.3 is 0 Å². The highest BCUT2D eigenvalue weighted by Gasteiger charge is 2.26. The second kappa shape index (κ2) is 7.40. The normalized spacial score (nSPS) is 11.0. The number of para-hydroxylation sites is 1. The Kier molecular flexibility index (Phi) is 4.75. The smallest absolute Gasteiger partial charge is 0.268 e. The van der Waals surface area contributed by atoms with Gasteiger partial charge in [0.2, 0.25) is 5.91 Å². The summed E-state index contributed by atoms with van der Waals surface area (Å²) in [6, 6.07) is 15.0. The predicted molar refractivity (Wildman–Crippen MR) is 113 cm³/mol. The number of fused-ring (bicyclic) bond motifs is 1. The maximum atomic E-state index is 12.4. The Morgan fingerprint density at radius 1 is 0.967 bits per heavy atom. The zero-order valence-electron chi connectivity index (χ0n) is 16.6. The van der Waals surface area contributed by atoms with Crippen LogP contribution >= 0.6 is 0 Å². The maximum absolute atomic E-state index is 12.4. The van der Waals surface area contributed by atoms with Crippen LogP contribution in [0, 0.1) is 13.8 Å². The van der Waals surface area contributed by atoms with Crippen LogP contribution in [0.2, 0.25) is 0 Å². The molecular formula is C22H20N6O2. The van der Waals surface area contributed by atoms with Crippen LogP contribution in [0.25, 0.3) is 22.2 Å². The van der Waals surface area contributed by atoms with Gasteiger partial charge in [-0.3, -0.25) is 9.59 Å². The van der Waals surface area contributed by atoms with Crippen LogP contribution in [0.1, 0.15) is 37.7 Å². The zero-order valence-corrected chi connectivity index (χ0v) is 16.6. The first-order chi connectivity index (χ1) is 14.4. The van der Waals surface area contributed by atoms with Crippen LogP contribution in [0.5, 0.6) is 0 Å². The molecule has 0 radical (unpaired) electrons. The minimum absolute atomic E-state index is 0.0621. The van der Waals surface area contributed by atoms with Gasteiger partial charge < -0.3 is 11.5 Å². The summed E-state index contributed by atoms with van der Waals surface area (Å²) in [6.07, 6.45) is 0. The summed E-state index contributed by atoms with van der Waals surface area (Å²) in [5.74, 6) is -1.47.